The standard InChI is InChI=1S/C16H21N3O3S/c1-12-11-15(13(2)22-12)23(20,21)18(3)14-7-6-8-17-16(14)19-9-4-5-10-19/h6-8,11H,4-5,9-10H2,1-3H3. The lowest BCUT2D eigenvalue weighted by Crippen LogP contribution is -2.30. The van der Waals surface area contributed by atoms with Gasteiger partial charge in [0, 0.05) is 32.4 Å². The number of aryl methyl sites for hydroxylation is 2. The molecule has 1 saturated heterocycles. The van der Waals surface area contributed by atoms with E-state index in [0.29, 0.717) is 23.0 Å². The fourth-order valence-corrected chi connectivity index (χ4v) is 4.36. The van der Waals surface area contributed by atoms with E-state index in [2.05, 4.69) is 9.88 Å². The van der Waals surface area contributed by atoms with Crippen LogP contribution < -0.4 is 9.21 Å². The molecule has 0 radical (unpaired) electrons. The lowest BCUT2D eigenvalue weighted by atomic mass is 10.3. The third kappa shape index (κ3) is 2.81. The van der Waals surface area contributed by atoms with Crippen molar-refractivity contribution in [1.82, 2.24) is 4.98 Å². The first-order valence-corrected chi connectivity index (χ1v) is 9.11. The maximum Gasteiger partial charge on any atom is 0.267 e. The van der Waals surface area contributed by atoms with Gasteiger partial charge in [0.2, 0.25) is 0 Å². The Kier molecular flexibility index (Phi) is 4.06. The fourth-order valence-electron chi connectivity index (χ4n) is 2.95. The van der Waals surface area contributed by atoms with Crippen LogP contribution in [0.1, 0.15) is 24.4 Å². The second-order valence-electron chi connectivity index (χ2n) is 5.79. The summed E-state index contributed by atoms with van der Waals surface area (Å²) in [5.41, 5.74) is 0.590. The highest BCUT2D eigenvalue weighted by Crippen LogP contribution is 2.33. The van der Waals surface area contributed by atoms with Crippen LogP contribution >= 0.6 is 0 Å². The van der Waals surface area contributed by atoms with E-state index in [1.54, 1.807) is 45.3 Å². The largest absolute Gasteiger partial charge is 0.465 e. The molecule has 1 fully saturated rings. The minimum atomic E-state index is -3.68. The van der Waals surface area contributed by atoms with Gasteiger partial charge in [0.1, 0.15) is 16.4 Å². The lowest BCUT2D eigenvalue weighted by Gasteiger charge is -2.25. The normalized spacial score (nSPS) is 15.2. The van der Waals surface area contributed by atoms with Gasteiger partial charge < -0.3 is 9.32 Å². The first kappa shape index (κ1) is 15.9. The van der Waals surface area contributed by atoms with Crippen LogP contribution in [0.5, 0.6) is 0 Å². The molecule has 0 amide bonds. The summed E-state index contributed by atoms with van der Waals surface area (Å²) in [5.74, 6) is 1.70. The molecule has 124 valence electrons. The molecule has 0 N–H and O–H groups in total. The fraction of sp³-hybridized carbons (Fsp3) is 0.438. The topological polar surface area (TPSA) is 66.7 Å². The molecule has 2 aromatic rings. The summed E-state index contributed by atoms with van der Waals surface area (Å²) in [6, 6.07) is 5.11. The molecule has 1 aliphatic heterocycles. The number of sulfonamides is 1. The van der Waals surface area contributed by atoms with Gasteiger partial charge in [-0.25, -0.2) is 13.4 Å². The number of anilines is 2. The third-order valence-corrected chi connectivity index (χ3v) is 6.02. The predicted molar refractivity (Wildman–Crippen MR) is 89.5 cm³/mol. The highest BCUT2D eigenvalue weighted by molar-refractivity contribution is 7.92. The first-order valence-electron chi connectivity index (χ1n) is 7.67. The van der Waals surface area contributed by atoms with Crippen molar-refractivity contribution in [3.05, 3.63) is 35.9 Å². The van der Waals surface area contributed by atoms with Crippen LogP contribution in [0.4, 0.5) is 11.5 Å². The summed E-state index contributed by atoms with van der Waals surface area (Å²) in [5, 5.41) is 0. The van der Waals surface area contributed by atoms with Crippen molar-refractivity contribution in [3.8, 4) is 0 Å². The summed E-state index contributed by atoms with van der Waals surface area (Å²) in [7, 11) is -2.12. The van der Waals surface area contributed by atoms with Gasteiger partial charge in [-0.1, -0.05) is 0 Å². The molecule has 6 nitrogen and oxygen atoms in total. The molecule has 0 bridgehead atoms. The Morgan fingerprint density at radius 3 is 2.57 bits per heavy atom. The zero-order valence-electron chi connectivity index (χ0n) is 13.6. The van der Waals surface area contributed by atoms with Crippen molar-refractivity contribution in [2.75, 3.05) is 29.3 Å². The highest BCUT2D eigenvalue weighted by Gasteiger charge is 2.29. The molecule has 0 aromatic carbocycles. The van der Waals surface area contributed by atoms with Crippen LogP contribution in [0.3, 0.4) is 0 Å². The van der Waals surface area contributed by atoms with Gasteiger partial charge in [-0.05, 0) is 38.8 Å². The number of hydrogen-bond acceptors (Lipinski definition) is 5. The second-order valence-corrected chi connectivity index (χ2v) is 7.73. The lowest BCUT2D eigenvalue weighted by molar-refractivity contribution is 0.496. The molecule has 3 heterocycles. The minimum Gasteiger partial charge on any atom is -0.465 e. The van der Waals surface area contributed by atoms with E-state index in [1.165, 1.54) is 4.31 Å². The van der Waals surface area contributed by atoms with Crippen LogP contribution in [0, 0.1) is 13.8 Å². The molecule has 0 aliphatic carbocycles. The van der Waals surface area contributed by atoms with Gasteiger partial charge in [0.05, 0.1) is 5.69 Å². The number of hydrogen-bond donors (Lipinski definition) is 0. The first-order chi connectivity index (χ1) is 10.9. The van der Waals surface area contributed by atoms with Crippen molar-refractivity contribution in [1.29, 1.82) is 0 Å². The van der Waals surface area contributed by atoms with Crippen molar-refractivity contribution in [2.45, 2.75) is 31.6 Å². The Labute approximate surface area is 136 Å². The van der Waals surface area contributed by atoms with Crippen molar-refractivity contribution < 1.29 is 12.8 Å². The van der Waals surface area contributed by atoms with Crippen molar-refractivity contribution in [3.63, 3.8) is 0 Å². The van der Waals surface area contributed by atoms with E-state index in [-0.39, 0.29) is 4.90 Å². The smallest absolute Gasteiger partial charge is 0.267 e. The molecule has 23 heavy (non-hydrogen) atoms. The van der Waals surface area contributed by atoms with Crippen molar-refractivity contribution in [2.24, 2.45) is 0 Å². The third-order valence-electron chi connectivity index (χ3n) is 4.14. The average molecular weight is 335 g/mol. The minimum absolute atomic E-state index is 0.203. The number of furan rings is 1. The van der Waals surface area contributed by atoms with Gasteiger partial charge in [0.25, 0.3) is 10.0 Å². The Balaban J connectivity index is 2.03. The Bertz CT molecular complexity index is 808. The summed E-state index contributed by atoms with van der Waals surface area (Å²) >= 11 is 0. The molecule has 0 atom stereocenters. The van der Waals surface area contributed by atoms with Gasteiger partial charge in [0.15, 0.2) is 5.82 Å². The summed E-state index contributed by atoms with van der Waals surface area (Å²) in [4.78, 5) is 6.75. The van der Waals surface area contributed by atoms with E-state index < -0.39 is 10.0 Å². The Morgan fingerprint density at radius 2 is 1.96 bits per heavy atom. The molecule has 1 aliphatic rings. The molecular formula is C16H21N3O3S. The highest BCUT2D eigenvalue weighted by atomic mass is 32.2. The molecule has 0 unspecified atom stereocenters. The Morgan fingerprint density at radius 1 is 1.26 bits per heavy atom. The van der Waals surface area contributed by atoms with Gasteiger partial charge >= 0.3 is 0 Å². The zero-order chi connectivity index (χ0) is 16.6. The van der Waals surface area contributed by atoms with E-state index in [9.17, 15) is 8.42 Å². The van der Waals surface area contributed by atoms with Crippen LogP contribution in [0.2, 0.25) is 0 Å². The Hall–Kier alpha value is -2.02. The van der Waals surface area contributed by atoms with Crippen LogP contribution in [-0.2, 0) is 10.0 Å². The SMILES string of the molecule is Cc1cc(S(=O)(=O)N(C)c2cccnc2N2CCCC2)c(C)o1. The van der Waals surface area contributed by atoms with Gasteiger partial charge in [-0.3, -0.25) is 4.31 Å². The maximum atomic E-state index is 13.0. The summed E-state index contributed by atoms with van der Waals surface area (Å²) in [6.07, 6.45) is 3.91. The van der Waals surface area contributed by atoms with Gasteiger partial charge in [-0.15, -0.1) is 0 Å². The maximum absolute atomic E-state index is 13.0. The van der Waals surface area contributed by atoms with Crippen molar-refractivity contribution >= 4 is 21.5 Å². The predicted octanol–water partition coefficient (Wildman–Crippen LogP) is 2.72. The van der Waals surface area contributed by atoms with E-state index in [1.807, 2.05) is 0 Å². The zero-order valence-corrected chi connectivity index (χ0v) is 14.4. The molecular weight excluding hydrogens is 314 g/mol. The number of pyridine rings is 1. The van der Waals surface area contributed by atoms with Crippen LogP contribution in [0.25, 0.3) is 0 Å². The summed E-state index contributed by atoms with van der Waals surface area (Å²) in [6.45, 7) is 5.22. The summed E-state index contributed by atoms with van der Waals surface area (Å²) < 4.78 is 32.6. The number of nitrogens with zero attached hydrogens (tertiary/aromatic N) is 3. The number of rotatable bonds is 4. The van der Waals surface area contributed by atoms with E-state index in [0.717, 1.165) is 25.9 Å². The molecule has 3 rings (SSSR count). The average Bonchev–Trinajstić information content (AvgIpc) is 3.16. The molecule has 7 heteroatoms. The molecule has 2 aromatic heterocycles. The van der Waals surface area contributed by atoms with E-state index in [4.69, 9.17) is 4.42 Å². The monoisotopic (exact) mass is 335 g/mol. The quantitative estimate of drug-likeness (QED) is 0.859. The van der Waals surface area contributed by atoms with Crippen LogP contribution in [-0.4, -0.2) is 33.5 Å². The molecule has 0 spiro atoms. The van der Waals surface area contributed by atoms with Crippen LogP contribution in [0.15, 0.2) is 33.7 Å². The number of aromatic nitrogens is 1. The van der Waals surface area contributed by atoms with E-state index >= 15 is 0 Å². The molecule has 0 saturated carbocycles. The van der Waals surface area contributed by atoms with Gasteiger partial charge in [-0.2, -0.15) is 0 Å². The second kappa shape index (κ2) is 5.88.